The van der Waals surface area contributed by atoms with Crippen LogP contribution in [0.1, 0.15) is 33.1 Å². The van der Waals surface area contributed by atoms with Crippen LogP contribution in [0.5, 0.6) is 0 Å². The van der Waals surface area contributed by atoms with Crippen LogP contribution in [0, 0.1) is 11.8 Å². The van der Waals surface area contributed by atoms with Gasteiger partial charge in [-0.15, -0.1) is 0 Å². The number of nitrogens with one attached hydrogen (secondary N) is 1. The third kappa shape index (κ3) is 3.44. The number of hydrogen-bond donors (Lipinski definition) is 2. The maximum absolute atomic E-state index is 9.78. The smallest absolute Gasteiger partial charge is 0.0553 e. The van der Waals surface area contributed by atoms with Gasteiger partial charge in [0.2, 0.25) is 0 Å². The highest BCUT2D eigenvalue weighted by atomic mass is 16.3. The summed E-state index contributed by atoms with van der Waals surface area (Å²) in [5.74, 6) is 1.41. The maximum Gasteiger partial charge on any atom is 0.0553 e. The highest BCUT2D eigenvalue weighted by Gasteiger charge is 2.32. The molecule has 16 heavy (non-hydrogen) atoms. The van der Waals surface area contributed by atoms with E-state index in [1.165, 1.54) is 25.9 Å². The Kier molecular flexibility index (Phi) is 4.22. The van der Waals surface area contributed by atoms with Crippen LogP contribution in [-0.4, -0.2) is 48.3 Å². The van der Waals surface area contributed by atoms with Crippen LogP contribution in [0.2, 0.25) is 0 Å². The number of nitrogens with zero attached hydrogens (tertiary/aromatic N) is 1. The van der Waals surface area contributed by atoms with Gasteiger partial charge in [-0.25, -0.2) is 0 Å². The summed E-state index contributed by atoms with van der Waals surface area (Å²) in [4.78, 5) is 2.56. The fourth-order valence-electron chi connectivity index (χ4n) is 2.83. The lowest BCUT2D eigenvalue weighted by molar-refractivity contribution is 0.0466. The molecule has 0 spiro atoms. The molecule has 1 saturated heterocycles. The van der Waals surface area contributed by atoms with Crippen molar-refractivity contribution in [1.82, 2.24) is 10.2 Å². The van der Waals surface area contributed by atoms with E-state index in [0.29, 0.717) is 12.0 Å². The zero-order valence-electron chi connectivity index (χ0n) is 10.7. The molecule has 0 radical (unpaired) electrons. The van der Waals surface area contributed by atoms with Crippen LogP contribution in [-0.2, 0) is 0 Å². The predicted molar refractivity (Wildman–Crippen MR) is 66.4 cm³/mol. The molecule has 1 aliphatic heterocycles. The number of aliphatic hydroxyl groups excluding tert-OH is 1. The summed E-state index contributed by atoms with van der Waals surface area (Å²) < 4.78 is 0. The van der Waals surface area contributed by atoms with Gasteiger partial charge in [-0.1, -0.05) is 6.92 Å². The average Bonchev–Trinajstić information content (AvgIpc) is 3.01. The van der Waals surface area contributed by atoms with Crippen molar-refractivity contribution in [3.05, 3.63) is 0 Å². The summed E-state index contributed by atoms with van der Waals surface area (Å²) in [7, 11) is 0. The molecule has 2 rings (SSSR count). The molecule has 3 atom stereocenters. The molecular formula is C13H26N2O. The zero-order chi connectivity index (χ0) is 11.5. The molecule has 2 fully saturated rings. The van der Waals surface area contributed by atoms with Crippen molar-refractivity contribution in [3.63, 3.8) is 0 Å². The van der Waals surface area contributed by atoms with Crippen molar-refractivity contribution < 1.29 is 5.11 Å². The van der Waals surface area contributed by atoms with Crippen molar-refractivity contribution in [3.8, 4) is 0 Å². The molecule has 0 amide bonds. The van der Waals surface area contributed by atoms with Crippen molar-refractivity contribution >= 4 is 0 Å². The molecule has 3 unspecified atom stereocenters. The number of likely N-dealkylation sites (N-methyl/N-ethyl adjacent to an activating group) is 1. The van der Waals surface area contributed by atoms with E-state index in [4.69, 9.17) is 0 Å². The summed E-state index contributed by atoms with van der Waals surface area (Å²) in [5, 5.41) is 13.3. The minimum absolute atomic E-state index is 0.164. The van der Waals surface area contributed by atoms with Crippen LogP contribution in [0.25, 0.3) is 0 Å². The highest BCUT2D eigenvalue weighted by molar-refractivity contribution is 4.88. The van der Waals surface area contributed by atoms with Gasteiger partial charge in [-0.2, -0.15) is 0 Å². The van der Waals surface area contributed by atoms with E-state index in [1.807, 2.05) is 6.92 Å². The van der Waals surface area contributed by atoms with E-state index in [2.05, 4.69) is 17.1 Å². The van der Waals surface area contributed by atoms with Crippen molar-refractivity contribution in [2.24, 2.45) is 11.8 Å². The predicted octanol–water partition coefficient (Wildman–Crippen LogP) is 1.08. The Balaban J connectivity index is 1.86. The summed E-state index contributed by atoms with van der Waals surface area (Å²) in [6.45, 7) is 8.66. The molecular weight excluding hydrogens is 200 g/mol. The SMILES string of the molecule is CCNC1CC(C(C)O)CN(CC2CC2)C1. The molecule has 2 N–H and O–H groups in total. The molecule has 0 bridgehead atoms. The van der Waals surface area contributed by atoms with E-state index in [1.54, 1.807) is 0 Å². The molecule has 1 aliphatic carbocycles. The van der Waals surface area contributed by atoms with E-state index >= 15 is 0 Å². The van der Waals surface area contributed by atoms with Crippen LogP contribution in [0.3, 0.4) is 0 Å². The molecule has 0 aromatic carbocycles. The van der Waals surface area contributed by atoms with Crippen molar-refractivity contribution in [2.75, 3.05) is 26.2 Å². The Morgan fingerprint density at radius 3 is 2.69 bits per heavy atom. The minimum atomic E-state index is -0.164. The average molecular weight is 226 g/mol. The Bertz CT molecular complexity index is 216. The highest BCUT2D eigenvalue weighted by Crippen LogP contribution is 2.31. The van der Waals surface area contributed by atoms with Crippen molar-refractivity contribution in [2.45, 2.75) is 45.3 Å². The Morgan fingerprint density at radius 1 is 1.38 bits per heavy atom. The molecule has 1 saturated carbocycles. The molecule has 3 nitrogen and oxygen atoms in total. The van der Waals surface area contributed by atoms with Gasteiger partial charge in [0.25, 0.3) is 0 Å². The number of hydrogen-bond acceptors (Lipinski definition) is 3. The van der Waals surface area contributed by atoms with Gasteiger partial charge < -0.3 is 15.3 Å². The minimum Gasteiger partial charge on any atom is -0.393 e. The molecule has 94 valence electrons. The molecule has 2 aliphatic rings. The van der Waals surface area contributed by atoms with Gasteiger partial charge in [-0.3, -0.25) is 0 Å². The van der Waals surface area contributed by atoms with E-state index in [-0.39, 0.29) is 6.10 Å². The lowest BCUT2D eigenvalue weighted by Crippen LogP contribution is -2.51. The monoisotopic (exact) mass is 226 g/mol. The second kappa shape index (κ2) is 5.48. The second-order valence-corrected chi connectivity index (χ2v) is 5.65. The van der Waals surface area contributed by atoms with Crippen molar-refractivity contribution in [1.29, 1.82) is 0 Å². The van der Waals surface area contributed by atoms with Gasteiger partial charge in [0.05, 0.1) is 6.10 Å². The lowest BCUT2D eigenvalue weighted by atomic mass is 9.90. The molecule has 0 aromatic rings. The quantitative estimate of drug-likeness (QED) is 0.736. The Labute approximate surface area is 99.2 Å². The first-order valence-electron chi connectivity index (χ1n) is 6.82. The van der Waals surface area contributed by atoms with Crippen LogP contribution in [0.15, 0.2) is 0 Å². The first-order chi connectivity index (χ1) is 7.69. The largest absolute Gasteiger partial charge is 0.393 e. The van der Waals surface area contributed by atoms with E-state index in [0.717, 1.165) is 25.4 Å². The molecule has 1 heterocycles. The fourth-order valence-corrected chi connectivity index (χ4v) is 2.83. The zero-order valence-corrected chi connectivity index (χ0v) is 10.7. The number of aliphatic hydroxyl groups is 1. The first-order valence-corrected chi connectivity index (χ1v) is 6.82. The molecule has 3 heteroatoms. The summed E-state index contributed by atoms with van der Waals surface area (Å²) >= 11 is 0. The number of likely N-dealkylation sites (tertiary alicyclic amines) is 1. The standard InChI is InChI=1S/C13H26N2O/c1-3-14-13-6-12(10(2)16)8-15(9-13)7-11-4-5-11/h10-14,16H,3-9H2,1-2H3. The first kappa shape index (κ1) is 12.3. The second-order valence-electron chi connectivity index (χ2n) is 5.65. The Hall–Kier alpha value is -0.120. The Morgan fingerprint density at radius 2 is 2.12 bits per heavy atom. The van der Waals surface area contributed by atoms with Gasteiger partial charge in [-0.05, 0) is 44.6 Å². The fraction of sp³-hybridized carbons (Fsp3) is 1.00. The number of rotatable bonds is 5. The van der Waals surface area contributed by atoms with Gasteiger partial charge in [0.15, 0.2) is 0 Å². The summed E-state index contributed by atoms with van der Waals surface area (Å²) in [6.07, 6.45) is 3.80. The van der Waals surface area contributed by atoms with Crippen LogP contribution >= 0.6 is 0 Å². The third-order valence-electron chi connectivity index (χ3n) is 3.95. The summed E-state index contributed by atoms with van der Waals surface area (Å²) in [6, 6.07) is 0.581. The topological polar surface area (TPSA) is 35.5 Å². The van der Waals surface area contributed by atoms with Gasteiger partial charge in [0.1, 0.15) is 0 Å². The normalized spacial score (nSPS) is 33.9. The third-order valence-corrected chi connectivity index (χ3v) is 3.95. The van der Waals surface area contributed by atoms with Gasteiger partial charge >= 0.3 is 0 Å². The number of piperidine rings is 1. The van der Waals surface area contributed by atoms with Crippen LogP contribution < -0.4 is 5.32 Å². The lowest BCUT2D eigenvalue weighted by Gasteiger charge is -2.39. The molecule has 0 aromatic heterocycles. The van der Waals surface area contributed by atoms with Crippen LogP contribution in [0.4, 0.5) is 0 Å². The summed E-state index contributed by atoms with van der Waals surface area (Å²) in [5.41, 5.74) is 0. The maximum atomic E-state index is 9.78. The van der Waals surface area contributed by atoms with Gasteiger partial charge in [0, 0.05) is 25.7 Å². The van der Waals surface area contributed by atoms with E-state index in [9.17, 15) is 5.11 Å². The van der Waals surface area contributed by atoms with E-state index < -0.39 is 0 Å².